The predicted molar refractivity (Wildman–Crippen MR) is 63.1 cm³/mol. The van der Waals surface area contributed by atoms with Crippen LogP contribution in [-0.4, -0.2) is 25.9 Å². The van der Waals surface area contributed by atoms with E-state index in [4.69, 9.17) is 5.73 Å². The van der Waals surface area contributed by atoms with E-state index >= 15 is 0 Å². The van der Waals surface area contributed by atoms with Gasteiger partial charge in [-0.3, -0.25) is 4.72 Å². The second kappa shape index (κ2) is 4.06. The van der Waals surface area contributed by atoms with E-state index < -0.39 is 16.1 Å². The zero-order valence-corrected chi connectivity index (χ0v) is 9.49. The molecular formula is C9H10N4O3S. The molecule has 8 heteroatoms. The molecule has 0 unspecified atom stereocenters. The number of sulfonamides is 1. The number of hydrogen-bond acceptors (Lipinski definition) is 4. The minimum absolute atomic E-state index is 0.248. The van der Waals surface area contributed by atoms with Crippen molar-refractivity contribution in [3.05, 3.63) is 29.8 Å². The third kappa shape index (κ3) is 2.53. The number of para-hydroxylation sites is 1. The van der Waals surface area contributed by atoms with Gasteiger partial charge in [-0.25, -0.2) is 18.6 Å². The van der Waals surface area contributed by atoms with Crippen LogP contribution in [0, 0.1) is 0 Å². The standard InChI is InChI=1S/C9H10N4O3S/c10-9(14)12-11-8-5-17(15,16)13-7-4-2-1-3-6(7)8/h1-4,13H,5H2,(H3,10,12,14). The first kappa shape index (κ1) is 11.4. The number of primary amides is 1. The Morgan fingerprint density at radius 3 is 2.82 bits per heavy atom. The van der Waals surface area contributed by atoms with Crippen LogP contribution in [-0.2, 0) is 10.0 Å². The molecule has 0 saturated heterocycles. The number of amides is 2. The first-order valence-corrected chi connectivity index (χ1v) is 6.35. The fraction of sp³-hybridized carbons (Fsp3) is 0.111. The quantitative estimate of drug-likeness (QED) is 0.604. The van der Waals surface area contributed by atoms with Gasteiger partial charge in [-0.15, -0.1) is 0 Å². The maximum atomic E-state index is 11.5. The van der Waals surface area contributed by atoms with Gasteiger partial charge in [0, 0.05) is 5.56 Å². The number of benzene rings is 1. The summed E-state index contributed by atoms with van der Waals surface area (Å²) in [6, 6.07) is 5.93. The molecule has 0 radical (unpaired) electrons. The van der Waals surface area contributed by atoms with Gasteiger partial charge in [0.25, 0.3) is 0 Å². The molecule has 2 amide bonds. The van der Waals surface area contributed by atoms with E-state index in [1.165, 1.54) is 0 Å². The van der Waals surface area contributed by atoms with Crippen LogP contribution in [0.25, 0.3) is 0 Å². The molecule has 1 aromatic carbocycles. The van der Waals surface area contributed by atoms with E-state index in [0.29, 0.717) is 11.3 Å². The highest BCUT2D eigenvalue weighted by Gasteiger charge is 2.25. The number of fused-ring (bicyclic) bond motifs is 1. The highest BCUT2D eigenvalue weighted by molar-refractivity contribution is 7.93. The molecule has 0 atom stereocenters. The van der Waals surface area contributed by atoms with Crippen molar-refractivity contribution < 1.29 is 13.2 Å². The Hall–Kier alpha value is -2.09. The minimum Gasteiger partial charge on any atom is -0.350 e. The largest absolute Gasteiger partial charge is 0.350 e. The molecule has 0 fully saturated rings. The van der Waals surface area contributed by atoms with E-state index in [-0.39, 0.29) is 11.5 Å². The fourth-order valence-electron chi connectivity index (χ4n) is 1.50. The zero-order chi connectivity index (χ0) is 12.5. The van der Waals surface area contributed by atoms with E-state index in [9.17, 15) is 13.2 Å². The van der Waals surface area contributed by atoms with Crippen molar-refractivity contribution in [2.45, 2.75) is 0 Å². The summed E-state index contributed by atoms with van der Waals surface area (Å²) >= 11 is 0. The van der Waals surface area contributed by atoms with Crippen LogP contribution >= 0.6 is 0 Å². The van der Waals surface area contributed by atoms with Gasteiger partial charge in [-0.05, 0) is 6.07 Å². The number of carbonyl (C=O) groups excluding carboxylic acids is 1. The summed E-state index contributed by atoms with van der Waals surface area (Å²) in [5, 5.41) is 3.69. The molecule has 2 rings (SSSR count). The summed E-state index contributed by atoms with van der Waals surface area (Å²) in [7, 11) is -3.47. The molecule has 1 aliphatic rings. The van der Waals surface area contributed by atoms with Crippen molar-refractivity contribution in [2.24, 2.45) is 10.8 Å². The number of hydrogen-bond donors (Lipinski definition) is 3. The molecule has 4 N–H and O–H groups in total. The van der Waals surface area contributed by atoms with E-state index in [2.05, 4.69) is 9.82 Å². The van der Waals surface area contributed by atoms with Gasteiger partial charge in [-0.1, -0.05) is 18.2 Å². The van der Waals surface area contributed by atoms with Crippen LogP contribution in [0.3, 0.4) is 0 Å². The van der Waals surface area contributed by atoms with Gasteiger partial charge in [0.05, 0.1) is 11.4 Å². The molecule has 7 nitrogen and oxygen atoms in total. The second-order valence-corrected chi connectivity index (χ2v) is 5.16. The van der Waals surface area contributed by atoms with Crippen LogP contribution in [0.2, 0.25) is 0 Å². The Morgan fingerprint density at radius 1 is 1.41 bits per heavy atom. The first-order chi connectivity index (χ1) is 7.98. The Morgan fingerprint density at radius 2 is 2.12 bits per heavy atom. The van der Waals surface area contributed by atoms with Gasteiger partial charge in [0.2, 0.25) is 10.0 Å². The summed E-state index contributed by atoms with van der Waals surface area (Å²) in [4.78, 5) is 10.6. The molecular weight excluding hydrogens is 244 g/mol. The number of rotatable bonds is 1. The van der Waals surface area contributed by atoms with Gasteiger partial charge < -0.3 is 5.73 Å². The Kier molecular flexibility index (Phi) is 2.72. The summed E-state index contributed by atoms with van der Waals surface area (Å²) in [6.07, 6.45) is 0. The Balaban J connectivity index is 2.46. The lowest BCUT2D eigenvalue weighted by Gasteiger charge is -2.19. The lowest BCUT2D eigenvalue weighted by Crippen LogP contribution is -2.33. The highest BCUT2D eigenvalue weighted by atomic mass is 32.2. The monoisotopic (exact) mass is 254 g/mol. The van der Waals surface area contributed by atoms with Crippen LogP contribution in [0.15, 0.2) is 29.4 Å². The molecule has 0 saturated carbocycles. The van der Waals surface area contributed by atoms with Crippen LogP contribution in [0.5, 0.6) is 0 Å². The molecule has 90 valence electrons. The number of nitrogens with one attached hydrogen (secondary N) is 2. The number of nitrogens with zero attached hydrogens (tertiary/aromatic N) is 1. The SMILES string of the molecule is NC(=O)NN=C1CS(=O)(=O)Nc2ccccc21. The molecule has 0 aromatic heterocycles. The molecule has 1 heterocycles. The average molecular weight is 254 g/mol. The van der Waals surface area contributed by atoms with Gasteiger partial charge in [0.15, 0.2) is 0 Å². The maximum absolute atomic E-state index is 11.5. The first-order valence-electron chi connectivity index (χ1n) is 4.70. The molecule has 1 aromatic rings. The topological polar surface area (TPSA) is 114 Å². The summed E-state index contributed by atoms with van der Waals surface area (Å²) in [5.74, 6) is -0.301. The molecule has 0 aliphatic carbocycles. The molecule has 1 aliphatic heterocycles. The van der Waals surface area contributed by atoms with Crippen LogP contribution in [0.4, 0.5) is 10.5 Å². The second-order valence-electron chi connectivity index (χ2n) is 3.44. The third-order valence-corrected chi connectivity index (χ3v) is 3.32. The molecule has 17 heavy (non-hydrogen) atoms. The number of hydrazone groups is 1. The summed E-state index contributed by atoms with van der Waals surface area (Å²) in [6.45, 7) is 0. The maximum Gasteiger partial charge on any atom is 0.332 e. The van der Waals surface area contributed by atoms with Gasteiger partial charge in [-0.2, -0.15) is 5.10 Å². The van der Waals surface area contributed by atoms with E-state index in [1.807, 2.05) is 5.43 Å². The van der Waals surface area contributed by atoms with Crippen LogP contribution in [0.1, 0.15) is 5.56 Å². The molecule has 0 spiro atoms. The van der Waals surface area contributed by atoms with Crippen LogP contribution < -0.4 is 15.9 Å². The predicted octanol–water partition coefficient (Wildman–Crippen LogP) is -0.186. The van der Waals surface area contributed by atoms with Gasteiger partial charge in [0.1, 0.15) is 5.75 Å². The van der Waals surface area contributed by atoms with Crippen molar-refractivity contribution in [3.8, 4) is 0 Å². The van der Waals surface area contributed by atoms with E-state index in [1.54, 1.807) is 24.3 Å². The average Bonchev–Trinajstić information content (AvgIpc) is 2.24. The van der Waals surface area contributed by atoms with Crippen molar-refractivity contribution in [2.75, 3.05) is 10.5 Å². The zero-order valence-electron chi connectivity index (χ0n) is 8.67. The normalized spacial score (nSPS) is 19.2. The third-order valence-electron chi connectivity index (χ3n) is 2.13. The Bertz CT molecular complexity index is 594. The number of urea groups is 1. The number of nitrogens with two attached hydrogens (primary N) is 1. The van der Waals surface area contributed by atoms with E-state index in [0.717, 1.165) is 0 Å². The number of anilines is 1. The smallest absolute Gasteiger partial charge is 0.332 e. The Labute approximate surface area is 97.7 Å². The number of carbonyl (C=O) groups is 1. The van der Waals surface area contributed by atoms with Crippen molar-refractivity contribution >= 4 is 27.5 Å². The molecule has 0 bridgehead atoms. The fourth-order valence-corrected chi connectivity index (χ4v) is 2.67. The van der Waals surface area contributed by atoms with Crippen molar-refractivity contribution in [1.29, 1.82) is 0 Å². The van der Waals surface area contributed by atoms with Crippen molar-refractivity contribution in [1.82, 2.24) is 5.43 Å². The lowest BCUT2D eigenvalue weighted by atomic mass is 10.1. The lowest BCUT2D eigenvalue weighted by molar-refractivity contribution is 0.249. The van der Waals surface area contributed by atoms with Gasteiger partial charge >= 0.3 is 6.03 Å². The minimum atomic E-state index is -3.47. The summed E-state index contributed by atoms with van der Waals surface area (Å²) in [5.41, 5.74) is 8.21. The van der Waals surface area contributed by atoms with Crippen molar-refractivity contribution in [3.63, 3.8) is 0 Å². The highest BCUT2D eigenvalue weighted by Crippen LogP contribution is 2.22. The summed E-state index contributed by atoms with van der Waals surface area (Å²) < 4.78 is 25.5.